The fourth-order valence-corrected chi connectivity index (χ4v) is 1.19. The number of nitro benzene ring substituents is 1. The van der Waals surface area contributed by atoms with Crippen molar-refractivity contribution < 1.29 is 10.0 Å². The van der Waals surface area contributed by atoms with E-state index in [9.17, 15) is 15.2 Å². The molecule has 0 spiro atoms. The summed E-state index contributed by atoms with van der Waals surface area (Å²) in [6.07, 6.45) is 0. The molecule has 16 heavy (non-hydrogen) atoms. The molecule has 0 aliphatic heterocycles. The van der Waals surface area contributed by atoms with Gasteiger partial charge in [0.1, 0.15) is 0 Å². The minimum Gasteiger partial charge on any atom is -0.502 e. The molecule has 5 nitrogen and oxygen atoms in total. The molecule has 0 aliphatic rings. The van der Waals surface area contributed by atoms with E-state index in [4.69, 9.17) is 0 Å². The molecular weight excluding hydrogens is 208 g/mol. The van der Waals surface area contributed by atoms with Gasteiger partial charge >= 0.3 is 5.69 Å². The molecule has 0 bridgehead atoms. The Morgan fingerprint density at radius 3 is 2.88 bits per heavy atom. The van der Waals surface area contributed by atoms with Gasteiger partial charge in [0.25, 0.3) is 0 Å². The molecule has 0 amide bonds. The summed E-state index contributed by atoms with van der Waals surface area (Å²) in [5, 5.41) is 22.8. The number of rotatable bonds is 4. The van der Waals surface area contributed by atoms with E-state index in [-0.39, 0.29) is 11.4 Å². The topological polar surface area (TPSA) is 75.4 Å². The molecule has 0 saturated heterocycles. The first kappa shape index (κ1) is 12.0. The molecule has 0 atom stereocenters. The smallest absolute Gasteiger partial charge is 0.310 e. The van der Waals surface area contributed by atoms with Crippen LogP contribution >= 0.6 is 0 Å². The third-order valence-corrected chi connectivity index (χ3v) is 1.96. The maximum absolute atomic E-state index is 10.4. The quantitative estimate of drug-likeness (QED) is 0.348. The van der Waals surface area contributed by atoms with Crippen molar-refractivity contribution in [2.24, 2.45) is 0 Å². The highest BCUT2D eigenvalue weighted by atomic mass is 16.6. The molecule has 1 aromatic carbocycles. The van der Waals surface area contributed by atoms with Gasteiger partial charge in [-0.25, -0.2) is 0 Å². The van der Waals surface area contributed by atoms with E-state index in [0.717, 1.165) is 5.56 Å². The molecule has 0 fully saturated rings. The molecular formula is C11H12N2O3. The number of nitrogens with one attached hydrogen (secondary N) is 1. The Balaban J connectivity index is 2.65. The van der Waals surface area contributed by atoms with E-state index in [1.807, 2.05) is 0 Å². The van der Waals surface area contributed by atoms with Gasteiger partial charge in [0.05, 0.1) is 11.5 Å². The fourth-order valence-electron chi connectivity index (χ4n) is 1.19. The molecule has 2 N–H and O–H groups in total. The van der Waals surface area contributed by atoms with Crippen LogP contribution in [-0.4, -0.2) is 16.6 Å². The zero-order valence-corrected chi connectivity index (χ0v) is 8.86. The predicted octanol–water partition coefficient (Wildman–Crippen LogP) is 1.41. The first-order chi connectivity index (χ1) is 7.65. The van der Waals surface area contributed by atoms with Crippen LogP contribution in [0.15, 0.2) is 18.2 Å². The molecule has 84 valence electrons. The number of nitro groups is 1. The first-order valence-corrected chi connectivity index (χ1v) is 4.71. The second-order valence-corrected chi connectivity index (χ2v) is 3.11. The lowest BCUT2D eigenvalue weighted by molar-refractivity contribution is -0.385. The lowest BCUT2D eigenvalue weighted by Crippen LogP contribution is -2.13. The fraction of sp³-hybridized carbons (Fsp3) is 0.273. The molecule has 0 aliphatic carbocycles. The van der Waals surface area contributed by atoms with Crippen molar-refractivity contribution >= 4 is 5.69 Å². The van der Waals surface area contributed by atoms with E-state index in [1.165, 1.54) is 12.1 Å². The Morgan fingerprint density at radius 2 is 2.31 bits per heavy atom. The highest BCUT2D eigenvalue weighted by Gasteiger charge is 2.12. The summed E-state index contributed by atoms with van der Waals surface area (Å²) in [5.74, 6) is 5.26. The predicted molar refractivity (Wildman–Crippen MR) is 59.9 cm³/mol. The number of phenols is 1. The number of phenolic OH excluding ortho intramolecular Hbond substituents is 1. The van der Waals surface area contributed by atoms with Crippen molar-refractivity contribution in [3.8, 4) is 17.6 Å². The Kier molecular flexibility index (Phi) is 4.30. The SMILES string of the molecule is CC#CCNCc1ccc([N+](=O)[O-])c(O)c1. The van der Waals surface area contributed by atoms with E-state index >= 15 is 0 Å². The molecule has 0 unspecified atom stereocenters. The zero-order chi connectivity index (χ0) is 12.0. The molecule has 0 saturated carbocycles. The molecule has 1 rings (SSSR count). The Hall–Kier alpha value is -2.06. The number of aromatic hydroxyl groups is 1. The van der Waals surface area contributed by atoms with Crippen molar-refractivity contribution in [2.45, 2.75) is 13.5 Å². The summed E-state index contributed by atoms with van der Waals surface area (Å²) in [5.41, 5.74) is 0.498. The molecule has 0 aromatic heterocycles. The van der Waals surface area contributed by atoms with E-state index < -0.39 is 4.92 Å². The van der Waals surface area contributed by atoms with Gasteiger partial charge in [0.2, 0.25) is 0 Å². The van der Waals surface area contributed by atoms with Crippen LogP contribution < -0.4 is 5.32 Å². The van der Waals surface area contributed by atoms with Crippen LogP contribution in [0.1, 0.15) is 12.5 Å². The second-order valence-electron chi connectivity index (χ2n) is 3.11. The number of benzene rings is 1. The van der Waals surface area contributed by atoms with Crippen LogP contribution in [0.25, 0.3) is 0 Å². The van der Waals surface area contributed by atoms with Crippen molar-refractivity contribution in [3.63, 3.8) is 0 Å². The van der Waals surface area contributed by atoms with Crippen LogP contribution in [-0.2, 0) is 6.54 Å². The lowest BCUT2D eigenvalue weighted by Gasteiger charge is -2.02. The van der Waals surface area contributed by atoms with Crippen molar-refractivity contribution in [1.82, 2.24) is 5.32 Å². The van der Waals surface area contributed by atoms with Crippen LogP contribution in [0.4, 0.5) is 5.69 Å². The van der Waals surface area contributed by atoms with Gasteiger partial charge in [-0.2, -0.15) is 0 Å². The Bertz CT molecular complexity index is 446. The van der Waals surface area contributed by atoms with Crippen LogP contribution in [0.2, 0.25) is 0 Å². The van der Waals surface area contributed by atoms with Gasteiger partial charge in [-0.1, -0.05) is 12.0 Å². The molecule has 5 heteroatoms. The summed E-state index contributed by atoms with van der Waals surface area (Å²) >= 11 is 0. The summed E-state index contributed by atoms with van der Waals surface area (Å²) in [6, 6.07) is 4.27. The monoisotopic (exact) mass is 220 g/mol. The maximum Gasteiger partial charge on any atom is 0.310 e. The standard InChI is InChI=1S/C11H12N2O3/c1-2-3-6-12-8-9-4-5-10(13(15)16)11(14)7-9/h4-5,7,12,14H,6,8H2,1H3. The van der Waals surface area contributed by atoms with Gasteiger partial charge in [0.15, 0.2) is 5.75 Å². The van der Waals surface area contributed by atoms with Crippen LogP contribution in [0, 0.1) is 22.0 Å². The van der Waals surface area contributed by atoms with Gasteiger partial charge in [-0.15, -0.1) is 5.92 Å². The van der Waals surface area contributed by atoms with E-state index in [1.54, 1.807) is 13.0 Å². The second kappa shape index (κ2) is 5.73. The van der Waals surface area contributed by atoms with E-state index in [0.29, 0.717) is 13.1 Å². The summed E-state index contributed by atoms with van der Waals surface area (Å²) < 4.78 is 0. The van der Waals surface area contributed by atoms with E-state index in [2.05, 4.69) is 17.2 Å². The summed E-state index contributed by atoms with van der Waals surface area (Å²) in [6.45, 7) is 2.81. The highest BCUT2D eigenvalue weighted by molar-refractivity contribution is 5.47. The van der Waals surface area contributed by atoms with Crippen molar-refractivity contribution in [3.05, 3.63) is 33.9 Å². The molecule has 0 heterocycles. The summed E-state index contributed by atoms with van der Waals surface area (Å²) in [7, 11) is 0. The largest absolute Gasteiger partial charge is 0.502 e. The van der Waals surface area contributed by atoms with Gasteiger partial charge in [0, 0.05) is 12.6 Å². The highest BCUT2D eigenvalue weighted by Crippen LogP contribution is 2.25. The zero-order valence-electron chi connectivity index (χ0n) is 8.86. The normalized spacial score (nSPS) is 9.31. The lowest BCUT2D eigenvalue weighted by atomic mass is 10.2. The van der Waals surface area contributed by atoms with Crippen molar-refractivity contribution in [1.29, 1.82) is 0 Å². The number of hydrogen-bond acceptors (Lipinski definition) is 4. The maximum atomic E-state index is 10.4. The first-order valence-electron chi connectivity index (χ1n) is 4.71. The molecule has 0 radical (unpaired) electrons. The number of nitrogens with zero attached hydrogens (tertiary/aromatic N) is 1. The van der Waals surface area contributed by atoms with Gasteiger partial charge in [-0.3, -0.25) is 10.1 Å². The molecule has 1 aromatic rings. The third-order valence-electron chi connectivity index (χ3n) is 1.96. The Labute approximate surface area is 93.3 Å². The van der Waals surface area contributed by atoms with Gasteiger partial charge < -0.3 is 10.4 Å². The summed E-state index contributed by atoms with van der Waals surface area (Å²) in [4.78, 5) is 9.83. The average molecular weight is 220 g/mol. The number of hydrogen-bond donors (Lipinski definition) is 2. The van der Waals surface area contributed by atoms with Crippen molar-refractivity contribution in [2.75, 3.05) is 6.54 Å². The minimum atomic E-state index is -0.616. The van der Waals surface area contributed by atoms with Crippen LogP contribution in [0.3, 0.4) is 0 Å². The van der Waals surface area contributed by atoms with Crippen LogP contribution in [0.5, 0.6) is 5.75 Å². The van der Waals surface area contributed by atoms with Gasteiger partial charge in [-0.05, 0) is 18.6 Å². The minimum absolute atomic E-state index is 0.280. The average Bonchev–Trinajstić information content (AvgIpc) is 2.24. The third kappa shape index (κ3) is 3.26. The Morgan fingerprint density at radius 1 is 1.56 bits per heavy atom.